The van der Waals surface area contributed by atoms with Crippen molar-refractivity contribution in [2.75, 3.05) is 30.3 Å². The molecule has 0 saturated carbocycles. The van der Waals surface area contributed by atoms with Gasteiger partial charge in [0.25, 0.3) is 5.91 Å². The maximum Gasteiger partial charge on any atom is 0.274 e. The first-order valence-electron chi connectivity index (χ1n) is 6.70. The number of amides is 1. The van der Waals surface area contributed by atoms with Crippen LogP contribution >= 0.6 is 0 Å². The van der Waals surface area contributed by atoms with E-state index >= 15 is 0 Å². The fourth-order valence-corrected chi connectivity index (χ4v) is 3.32. The lowest BCUT2D eigenvalue weighted by atomic mass is 10.3. The molecule has 1 amide bonds. The van der Waals surface area contributed by atoms with Crippen LogP contribution in [-0.2, 0) is 10.8 Å². The molecule has 1 fully saturated rings. The average molecular weight is 304 g/mol. The Hall–Kier alpha value is -2.15. The van der Waals surface area contributed by atoms with Gasteiger partial charge in [0.05, 0.1) is 11.4 Å². The Balaban J connectivity index is 1.80. The molecule has 0 atom stereocenters. The number of hydrogen-bond donors (Lipinski definition) is 1. The van der Waals surface area contributed by atoms with Gasteiger partial charge < -0.3 is 10.6 Å². The van der Waals surface area contributed by atoms with Crippen LogP contribution in [0.1, 0.15) is 10.5 Å². The Labute approximate surface area is 125 Å². The van der Waals surface area contributed by atoms with Crippen molar-refractivity contribution in [3.63, 3.8) is 0 Å². The van der Waals surface area contributed by atoms with Crippen molar-refractivity contribution in [2.24, 2.45) is 0 Å². The molecule has 0 unspecified atom stereocenters. The summed E-state index contributed by atoms with van der Waals surface area (Å²) >= 11 is 0. The van der Waals surface area contributed by atoms with Crippen LogP contribution in [0.15, 0.2) is 36.5 Å². The molecule has 1 aromatic heterocycles. The van der Waals surface area contributed by atoms with Crippen LogP contribution in [0.5, 0.6) is 0 Å². The summed E-state index contributed by atoms with van der Waals surface area (Å²) < 4.78 is 12.9. The minimum atomic E-state index is -0.797. The molecular formula is C14H16N4O2S. The highest BCUT2D eigenvalue weighted by atomic mass is 32.2. The highest BCUT2D eigenvalue weighted by Crippen LogP contribution is 2.16. The van der Waals surface area contributed by atoms with E-state index in [0.29, 0.717) is 36.0 Å². The van der Waals surface area contributed by atoms with Crippen molar-refractivity contribution >= 4 is 22.4 Å². The molecule has 1 aliphatic rings. The van der Waals surface area contributed by atoms with Crippen LogP contribution in [0.25, 0.3) is 5.69 Å². The summed E-state index contributed by atoms with van der Waals surface area (Å²) in [6, 6.07) is 9.04. The van der Waals surface area contributed by atoms with Crippen LogP contribution in [-0.4, -0.2) is 49.4 Å². The topological polar surface area (TPSA) is 81.2 Å². The van der Waals surface area contributed by atoms with E-state index in [4.69, 9.17) is 5.73 Å². The van der Waals surface area contributed by atoms with Crippen LogP contribution in [0.2, 0.25) is 0 Å². The standard InChI is InChI=1S/C14H16N4O2S/c15-11-3-1-2-4-13(11)18-6-5-12(16-18)14(19)17-7-9-21(20)10-8-17/h1-6H,7-10,15H2. The van der Waals surface area contributed by atoms with Crippen molar-refractivity contribution in [1.29, 1.82) is 0 Å². The van der Waals surface area contributed by atoms with Crippen LogP contribution in [0.3, 0.4) is 0 Å². The van der Waals surface area contributed by atoms with Gasteiger partial charge in [0.1, 0.15) is 0 Å². The normalized spacial score (nSPS) is 16.1. The zero-order valence-corrected chi connectivity index (χ0v) is 12.3. The molecule has 2 N–H and O–H groups in total. The third-order valence-electron chi connectivity index (χ3n) is 3.46. The Kier molecular flexibility index (Phi) is 3.74. The number of para-hydroxylation sites is 2. The maximum absolute atomic E-state index is 12.4. The quantitative estimate of drug-likeness (QED) is 0.826. The number of benzene rings is 1. The first-order valence-corrected chi connectivity index (χ1v) is 8.19. The molecule has 2 aromatic rings. The van der Waals surface area contributed by atoms with Crippen molar-refractivity contribution in [1.82, 2.24) is 14.7 Å². The van der Waals surface area contributed by atoms with Crippen LogP contribution < -0.4 is 5.73 Å². The summed E-state index contributed by atoms with van der Waals surface area (Å²) in [6.07, 6.45) is 1.72. The summed E-state index contributed by atoms with van der Waals surface area (Å²) in [5, 5.41) is 4.31. The van der Waals surface area contributed by atoms with Gasteiger partial charge in [0.15, 0.2) is 5.69 Å². The van der Waals surface area contributed by atoms with Gasteiger partial charge in [-0.05, 0) is 18.2 Å². The lowest BCUT2D eigenvalue weighted by Crippen LogP contribution is -2.42. The highest BCUT2D eigenvalue weighted by Gasteiger charge is 2.23. The molecule has 0 bridgehead atoms. The largest absolute Gasteiger partial charge is 0.397 e. The highest BCUT2D eigenvalue weighted by molar-refractivity contribution is 7.85. The molecule has 6 nitrogen and oxygen atoms in total. The first kappa shape index (κ1) is 13.8. The van der Waals surface area contributed by atoms with Gasteiger partial charge in [0.2, 0.25) is 0 Å². The van der Waals surface area contributed by atoms with Gasteiger partial charge in [0, 0.05) is 41.6 Å². The zero-order chi connectivity index (χ0) is 14.8. The number of nitrogen functional groups attached to an aromatic ring is 1. The lowest BCUT2D eigenvalue weighted by molar-refractivity contribution is 0.0765. The lowest BCUT2D eigenvalue weighted by Gasteiger charge is -2.25. The Morgan fingerprint density at radius 3 is 2.62 bits per heavy atom. The van der Waals surface area contributed by atoms with Gasteiger partial charge >= 0.3 is 0 Å². The van der Waals surface area contributed by atoms with E-state index in [0.717, 1.165) is 5.69 Å². The van der Waals surface area contributed by atoms with Gasteiger partial charge in [-0.25, -0.2) is 4.68 Å². The van der Waals surface area contributed by atoms with Crippen molar-refractivity contribution in [2.45, 2.75) is 0 Å². The second-order valence-corrected chi connectivity index (χ2v) is 6.54. The molecule has 0 aliphatic carbocycles. The fraction of sp³-hybridized carbons (Fsp3) is 0.286. The minimum absolute atomic E-state index is 0.125. The Morgan fingerprint density at radius 1 is 1.19 bits per heavy atom. The molecule has 2 heterocycles. The number of nitrogens with two attached hydrogens (primary N) is 1. The smallest absolute Gasteiger partial charge is 0.274 e. The van der Waals surface area contributed by atoms with E-state index in [1.807, 2.05) is 18.2 Å². The third kappa shape index (κ3) is 2.82. The molecule has 110 valence electrons. The Morgan fingerprint density at radius 2 is 1.90 bits per heavy atom. The van der Waals surface area contributed by atoms with Gasteiger partial charge in [-0.1, -0.05) is 12.1 Å². The molecule has 21 heavy (non-hydrogen) atoms. The Bertz CT molecular complexity index is 688. The van der Waals surface area contributed by atoms with E-state index in [2.05, 4.69) is 5.10 Å². The van der Waals surface area contributed by atoms with Gasteiger partial charge in [-0.2, -0.15) is 5.10 Å². The average Bonchev–Trinajstić information content (AvgIpc) is 2.97. The number of carbonyl (C=O) groups is 1. The number of carbonyl (C=O) groups excluding carboxylic acids is 1. The summed E-state index contributed by atoms with van der Waals surface area (Å²) in [7, 11) is -0.797. The minimum Gasteiger partial charge on any atom is -0.397 e. The molecule has 0 radical (unpaired) electrons. The van der Waals surface area contributed by atoms with Crippen molar-refractivity contribution in [3.05, 3.63) is 42.2 Å². The predicted molar refractivity (Wildman–Crippen MR) is 81.8 cm³/mol. The molecule has 1 saturated heterocycles. The molecule has 3 rings (SSSR count). The van der Waals surface area contributed by atoms with Gasteiger partial charge in [-0.3, -0.25) is 9.00 Å². The summed E-state index contributed by atoms with van der Waals surface area (Å²) in [4.78, 5) is 14.1. The summed E-state index contributed by atoms with van der Waals surface area (Å²) in [5.74, 6) is 0.954. The molecular weight excluding hydrogens is 288 g/mol. The van der Waals surface area contributed by atoms with E-state index in [-0.39, 0.29) is 5.91 Å². The van der Waals surface area contributed by atoms with Crippen LogP contribution in [0, 0.1) is 0 Å². The fourth-order valence-electron chi connectivity index (χ4n) is 2.27. The second kappa shape index (κ2) is 5.69. The molecule has 7 heteroatoms. The van der Waals surface area contributed by atoms with Crippen LogP contribution in [0.4, 0.5) is 5.69 Å². The molecule has 0 spiro atoms. The zero-order valence-electron chi connectivity index (χ0n) is 11.4. The van der Waals surface area contributed by atoms with Crippen molar-refractivity contribution in [3.8, 4) is 5.69 Å². The SMILES string of the molecule is Nc1ccccc1-n1ccc(C(=O)N2CCS(=O)CC2)n1. The third-order valence-corrected chi connectivity index (χ3v) is 4.73. The van der Waals surface area contributed by atoms with E-state index in [1.54, 1.807) is 27.9 Å². The second-order valence-electron chi connectivity index (χ2n) is 4.84. The first-order chi connectivity index (χ1) is 10.1. The van der Waals surface area contributed by atoms with E-state index in [9.17, 15) is 9.00 Å². The molecule has 1 aromatic carbocycles. The summed E-state index contributed by atoms with van der Waals surface area (Å²) in [6.45, 7) is 1.04. The number of hydrogen-bond acceptors (Lipinski definition) is 4. The van der Waals surface area contributed by atoms with E-state index in [1.165, 1.54) is 0 Å². The predicted octanol–water partition coefficient (Wildman–Crippen LogP) is 0.659. The summed E-state index contributed by atoms with van der Waals surface area (Å²) in [5.41, 5.74) is 7.64. The monoisotopic (exact) mass is 304 g/mol. The number of nitrogens with zero attached hydrogens (tertiary/aromatic N) is 3. The number of aromatic nitrogens is 2. The molecule has 1 aliphatic heterocycles. The van der Waals surface area contributed by atoms with Gasteiger partial charge in [-0.15, -0.1) is 0 Å². The number of rotatable bonds is 2. The van der Waals surface area contributed by atoms with Crippen molar-refractivity contribution < 1.29 is 9.00 Å². The van der Waals surface area contributed by atoms with E-state index < -0.39 is 10.8 Å². The maximum atomic E-state index is 12.4. The number of anilines is 1.